The smallest absolute Gasteiger partial charge is 0.255 e. The van der Waals surface area contributed by atoms with Gasteiger partial charge in [-0.2, -0.15) is 0 Å². The standard InChI is InChI=1S/C16H15ClFNO3/c1-22-15-7-6-10(17)8-12(15)16(21)19-9-14(20)11-4-2-3-5-13(11)18/h2-8,14,20H,9H2,1H3,(H,19,21). The van der Waals surface area contributed by atoms with Crippen molar-refractivity contribution in [3.05, 3.63) is 64.4 Å². The molecule has 6 heteroatoms. The van der Waals surface area contributed by atoms with Gasteiger partial charge in [0.05, 0.1) is 18.8 Å². The predicted molar refractivity (Wildman–Crippen MR) is 81.7 cm³/mol. The number of amides is 1. The van der Waals surface area contributed by atoms with Crippen LogP contribution >= 0.6 is 11.6 Å². The molecule has 0 saturated carbocycles. The number of halogens is 2. The van der Waals surface area contributed by atoms with Gasteiger partial charge in [0.25, 0.3) is 5.91 Å². The fraction of sp³-hybridized carbons (Fsp3) is 0.188. The molecule has 2 rings (SSSR count). The number of carbonyl (C=O) groups excluding carboxylic acids is 1. The maximum Gasteiger partial charge on any atom is 0.255 e. The lowest BCUT2D eigenvalue weighted by molar-refractivity contribution is 0.0911. The summed E-state index contributed by atoms with van der Waals surface area (Å²) in [6, 6.07) is 10.5. The number of aliphatic hydroxyl groups excluding tert-OH is 1. The Morgan fingerprint density at radius 3 is 2.77 bits per heavy atom. The van der Waals surface area contributed by atoms with Crippen molar-refractivity contribution in [3.63, 3.8) is 0 Å². The van der Waals surface area contributed by atoms with Gasteiger partial charge in [0.1, 0.15) is 11.6 Å². The number of aliphatic hydroxyl groups is 1. The summed E-state index contributed by atoms with van der Waals surface area (Å²) in [6.07, 6.45) is -1.14. The van der Waals surface area contributed by atoms with Gasteiger partial charge in [-0.1, -0.05) is 29.8 Å². The van der Waals surface area contributed by atoms with Crippen LogP contribution in [0.2, 0.25) is 5.02 Å². The molecule has 0 bridgehead atoms. The Balaban J connectivity index is 2.07. The summed E-state index contributed by atoms with van der Waals surface area (Å²) in [5.41, 5.74) is 0.372. The average Bonchev–Trinajstić information content (AvgIpc) is 2.52. The van der Waals surface area contributed by atoms with E-state index in [1.807, 2.05) is 0 Å². The van der Waals surface area contributed by atoms with Gasteiger partial charge in [0, 0.05) is 17.1 Å². The SMILES string of the molecule is COc1ccc(Cl)cc1C(=O)NCC(O)c1ccccc1F. The molecule has 22 heavy (non-hydrogen) atoms. The highest BCUT2D eigenvalue weighted by Gasteiger charge is 2.16. The molecule has 1 atom stereocenters. The summed E-state index contributed by atoms with van der Waals surface area (Å²) >= 11 is 5.86. The molecule has 0 aromatic heterocycles. The van der Waals surface area contributed by atoms with Gasteiger partial charge in [0.2, 0.25) is 0 Å². The normalized spacial score (nSPS) is 11.8. The lowest BCUT2D eigenvalue weighted by Crippen LogP contribution is -2.29. The van der Waals surface area contributed by atoms with Crippen LogP contribution in [0.1, 0.15) is 22.0 Å². The maximum atomic E-state index is 13.5. The van der Waals surface area contributed by atoms with E-state index in [0.29, 0.717) is 10.8 Å². The van der Waals surface area contributed by atoms with E-state index in [-0.39, 0.29) is 17.7 Å². The summed E-state index contributed by atoms with van der Waals surface area (Å²) in [7, 11) is 1.44. The van der Waals surface area contributed by atoms with Crippen molar-refractivity contribution in [3.8, 4) is 5.75 Å². The van der Waals surface area contributed by atoms with E-state index >= 15 is 0 Å². The van der Waals surface area contributed by atoms with Gasteiger partial charge in [-0.25, -0.2) is 4.39 Å². The Hall–Kier alpha value is -2.11. The molecule has 0 fully saturated rings. The fourth-order valence-electron chi connectivity index (χ4n) is 2.00. The van der Waals surface area contributed by atoms with Crippen LogP contribution in [0.3, 0.4) is 0 Å². The molecule has 1 amide bonds. The van der Waals surface area contributed by atoms with E-state index in [1.165, 1.54) is 31.4 Å². The van der Waals surface area contributed by atoms with Crippen LogP contribution in [0.25, 0.3) is 0 Å². The number of benzene rings is 2. The van der Waals surface area contributed by atoms with E-state index in [4.69, 9.17) is 16.3 Å². The molecule has 4 nitrogen and oxygen atoms in total. The highest BCUT2D eigenvalue weighted by Crippen LogP contribution is 2.23. The molecule has 0 aliphatic heterocycles. The molecule has 0 radical (unpaired) electrons. The van der Waals surface area contributed by atoms with E-state index in [1.54, 1.807) is 18.2 Å². The molecule has 0 aliphatic rings. The first-order chi connectivity index (χ1) is 10.5. The fourth-order valence-corrected chi connectivity index (χ4v) is 2.17. The predicted octanol–water partition coefficient (Wildman–Crippen LogP) is 2.95. The zero-order chi connectivity index (χ0) is 16.1. The van der Waals surface area contributed by atoms with Crippen molar-refractivity contribution in [2.75, 3.05) is 13.7 Å². The maximum absolute atomic E-state index is 13.5. The Bertz CT molecular complexity index is 678. The molecule has 0 saturated heterocycles. The first-order valence-electron chi connectivity index (χ1n) is 6.57. The van der Waals surface area contributed by atoms with Gasteiger partial charge < -0.3 is 15.2 Å². The number of hydrogen-bond donors (Lipinski definition) is 2. The summed E-state index contributed by atoms with van der Waals surface area (Å²) in [5.74, 6) is -0.624. The topological polar surface area (TPSA) is 58.6 Å². The molecule has 2 aromatic rings. The van der Waals surface area contributed by atoms with Crippen LogP contribution in [-0.4, -0.2) is 24.7 Å². The van der Waals surface area contributed by atoms with Crippen molar-refractivity contribution in [1.29, 1.82) is 0 Å². The summed E-state index contributed by atoms with van der Waals surface area (Å²) in [4.78, 5) is 12.1. The first-order valence-corrected chi connectivity index (χ1v) is 6.95. The Kier molecular flexibility index (Phi) is 5.35. The van der Waals surface area contributed by atoms with Gasteiger partial charge in [0.15, 0.2) is 0 Å². The number of ether oxygens (including phenoxy) is 1. The number of hydrogen-bond acceptors (Lipinski definition) is 3. The van der Waals surface area contributed by atoms with Crippen molar-refractivity contribution in [2.24, 2.45) is 0 Å². The first kappa shape index (κ1) is 16.3. The second-order valence-electron chi connectivity index (χ2n) is 4.59. The molecule has 116 valence electrons. The molecule has 0 spiro atoms. The monoisotopic (exact) mass is 323 g/mol. The highest BCUT2D eigenvalue weighted by molar-refractivity contribution is 6.31. The summed E-state index contributed by atoms with van der Waals surface area (Å²) in [5, 5.41) is 12.9. The average molecular weight is 324 g/mol. The third-order valence-electron chi connectivity index (χ3n) is 3.13. The number of methoxy groups -OCH3 is 1. The van der Waals surface area contributed by atoms with Crippen molar-refractivity contribution in [1.82, 2.24) is 5.32 Å². The van der Waals surface area contributed by atoms with Crippen LogP contribution in [0.5, 0.6) is 5.75 Å². The van der Waals surface area contributed by atoms with Crippen molar-refractivity contribution in [2.45, 2.75) is 6.10 Å². The van der Waals surface area contributed by atoms with Crippen LogP contribution in [0.4, 0.5) is 4.39 Å². The zero-order valence-electron chi connectivity index (χ0n) is 11.8. The largest absolute Gasteiger partial charge is 0.496 e. The van der Waals surface area contributed by atoms with Crippen LogP contribution in [-0.2, 0) is 0 Å². The molecule has 1 unspecified atom stereocenters. The van der Waals surface area contributed by atoms with Crippen LogP contribution in [0.15, 0.2) is 42.5 Å². The number of nitrogens with one attached hydrogen (secondary N) is 1. The molecule has 0 aliphatic carbocycles. The minimum Gasteiger partial charge on any atom is -0.496 e. The lowest BCUT2D eigenvalue weighted by Gasteiger charge is -2.14. The van der Waals surface area contributed by atoms with E-state index in [2.05, 4.69) is 5.32 Å². The molecular formula is C16H15ClFNO3. The molecule has 2 aromatic carbocycles. The van der Waals surface area contributed by atoms with Gasteiger partial charge in [-0.3, -0.25) is 4.79 Å². The van der Waals surface area contributed by atoms with E-state index in [9.17, 15) is 14.3 Å². The van der Waals surface area contributed by atoms with Crippen molar-refractivity contribution >= 4 is 17.5 Å². The Labute approximate surface area is 132 Å². The summed E-state index contributed by atoms with van der Waals surface area (Å²) < 4.78 is 18.6. The van der Waals surface area contributed by atoms with Crippen LogP contribution in [0, 0.1) is 5.82 Å². The third-order valence-corrected chi connectivity index (χ3v) is 3.36. The minimum absolute atomic E-state index is 0.126. The van der Waals surface area contributed by atoms with E-state index < -0.39 is 17.8 Å². The van der Waals surface area contributed by atoms with E-state index in [0.717, 1.165) is 0 Å². The number of rotatable bonds is 5. The molecule has 0 heterocycles. The van der Waals surface area contributed by atoms with Gasteiger partial charge in [-0.05, 0) is 24.3 Å². The second kappa shape index (κ2) is 7.24. The van der Waals surface area contributed by atoms with Gasteiger partial charge in [-0.15, -0.1) is 0 Å². The lowest BCUT2D eigenvalue weighted by atomic mass is 10.1. The zero-order valence-corrected chi connectivity index (χ0v) is 12.6. The highest BCUT2D eigenvalue weighted by atomic mass is 35.5. The Morgan fingerprint density at radius 2 is 2.09 bits per heavy atom. The van der Waals surface area contributed by atoms with Crippen LogP contribution < -0.4 is 10.1 Å². The minimum atomic E-state index is -1.14. The van der Waals surface area contributed by atoms with Gasteiger partial charge >= 0.3 is 0 Å². The quantitative estimate of drug-likeness (QED) is 0.889. The molecular weight excluding hydrogens is 309 g/mol. The van der Waals surface area contributed by atoms with Crippen molar-refractivity contribution < 1.29 is 19.0 Å². The molecule has 2 N–H and O–H groups in total. The third kappa shape index (κ3) is 3.75. The summed E-state index contributed by atoms with van der Waals surface area (Å²) in [6.45, 7) is -0.130. The second-order valence-corrected chi connectivity index (χ2v) is 5.03. The number of carbonyl (C=O) groups is 1. The Morgan fingerprint density at radius 1 is 1.36 bits per heavy atom.